The van der Waals surface area contributed by atoms with Crippen molar-refractivity contribution in [3.8, 4) is 5.75 Å². The van der Waals surface area contributed by atoms with Crippen molar-refractivity contribution < 1.29 is 22.9 Å². The standard InChI is InChI=1S/C21H18ClN3O6S/c1-13-3-9-17(12-19(13)25(27)28)32(29,30)24-15-6-4-14(5-7-15)21(26)23-16-8-10-20(31-2)18(22)11-16/h3-12,24H,1-2H3,(H,23,26). The molecule has 3 aromatic carbocycles. The lowest BCUT2D eigenvalue weighted by atomic mass is 10.2. The summed E-state index contributed by atoms with van der Waals surface area (Å²) in [6.45, 7) is 1.52. The SMILES string of the molecule is COc1ccc(NC(=O)c2ccc(NS(=O)(=O)c3ccc(C)c([N+](=O)[O-])c3)cc2)cc1Cl. The maximum Gasteiger partial charge on any atom is 0.273 e. The number of nitro benzene ring substituents is 1. The van der Waals surface area contributed by atoms with E-state index < -0.39 is 20.9 Å². The van der Waals surface area contributed by atoms with Crippen molar-refractivity contribution in [3.05, 3.63) is 86.9 Å². The number of halogens is 1. The summed E-state index contributed by atoms with van der Waals surface area (Å²) in [7, 11) is -2.58. The smallest absolute Gasteiger partial charge is 0.273 e. The van der Waals surface area contributed by atoms with Gasteiger partial charge in [-0.2, -0.15) is 0 Å². The zero-order valence-electron chi connectivity index (χ0n) is 17.0. The lowest BCUT2D eigenvalue weighted by molar-refractivity contribution is -0.385. The van der Waals surface area contributed by atoms with Gasteiger partial charge in [0, 0.05) is 28.6 Å². The second-order valence-corrected chi connectivity index (χ2v) is 8.78. The van der Waals surface area contributed by atoms with Crippen LogP contribution in [0.4, 0.5) is 17.1 Å². The average Bonchev–Trinajstić information content (AvgIpc) is 2.74. The first kappa shape index (κ1) is 23.0. The van der Waals surface area contributed by atoms with Gasteiger partial charge in [0.15, 0.2) is 0 Å². The number of hydrogen-bond donors (Lipinski definition) is 2. The van der Waals surface area contributed by atoms with Crippen LogP contribution in [0.2, 0.25) is 5.02 Å². The van der Waals surface area contributed by atoms with Gasteiger partial charge in [-0.3, -0.25) is 19.6 Å². The summed E-state index contributed by atoms with van der Waals surface area (Å²) in [4.78, 5) is 22.6. The molecule has 1 amide bonds. The Morgan fingerprint density at radius 3 is 2.28 bits per heavy atom. The van der Waals surface area contributed by atoms with Gasteiger partial charge in [0.05, 0.1) is 22.0 Å². The predicted octanol–water partition coefficient (Wildman–Crippen LogP) is 4.62. The van der Waals surface area contributed by atoms with Crippen molar-refractivity contribution in [1.29, 1.82) is 0 Å². The summed E-state index contributed by atoms with van der Waals surface area (Å²) in [5.74, 6) is 0.0509. The highest BCUT2D eigenvalue weighted by molar-refractivity contribution is 7.92. The highest BCUT2D eigenvalue weighted by Crippen LogP contribution is 2.28. The molecule has 0 heterocycles. The largest absolute Gasteiger partial charge is 0.495 e. The molecule has 32 heavy (non-hydrogen) atoms. The number of nitro groups is 1. The Kier molecular flexibility index (Phi) is 6.66. The molecular weight excluding hydrogens is 458 g/mol. The molecule has 0 unspecified atom stereocenters. The topological polar surface area (TPSA) is 128 Å². The van der Waals surface area contributed by atoms with E-state index >= 15 is 0 Å². The minimum atomic E-state index is -4.06. The monoisotopic (exact) mass is 475 g/mol. The normalized spacial score (nSPS) is 11.0. The van der Waals surface area contributed by atoms with Crippen molar-refractivity contribution in [2.45, 2.75) is 11.8 Å². The second kappa shape index (κ2) is 9.25. The maximum absolute atomic E-state index is 12.6. The third kappa shape index (κ3) is 5.16. The van der Waals surface area contributed by atoms with Gasteiger partial charge in [0.1, 0.15) is 5.75 Å². The van der Waals surface area contributed by atoms with Crippen LogP contribution in [-0.2, 0) is 10.0 Å². The fourth-order valence-electron chi connectivity index (χ4n) is 2.80. The van der Waals surface area contributed by atoms with Crippen molar-refractivity contribution >= 4 is 44.6 Å². The van der Waals surface area contributed by atoms with Crippen LogP contribution in [0.25, 0.3) is 0 Å². The minimum absolute atomic E-state index is 0.192. The summed E-state index contributed by atoms with van der Waals surface area (Å²) < 4.78 is 32.6. The molecule has 0 aliphatic rings. The van der Waals surface area contributed by atoms with E-state index in [4.69, 9.17) is 16.3 Å². The fraction of sp³-hybridized carbons (Fsp3) is 0.0952. The van der Waals surface area contributed by atoms with E-state index in [2.05, 4.69) is 10.0 Å². The van der Waals surface area contributed by atoms with E-state index in [1.54, 1.807) is 18.2 Å². The number of ether oxygens (including phenoxy) is 1. The van der Waals surface area contributed by atoms with Crippen molar-refractivity contribution in [3.63, 3.8) is 0 Å². The number of benzene rings is 3. The zero-order chi connectivity index (χ0) is 23.5. The number of hydrogen-bond acceptors (Lipinski definition) is 6. The third-order valence-electron chi connectivity index (χ3n) is 4.50. The molecule has 0 fully saturated rings. The molecule has 166 valence electrons. The Bertz CT molecular complexity index is 1290. The van der Waals surface area contributed by atoms with Crippen LogP contribution in [0.15, 0.2) is 65.6 Å². The summed E-state index contributed by atoms with van der Waals surface area (Å²) in [6, 6.07) is 14.1. The lowest BCUT2D eigenvalue weighted by Crippen LogP contribution is -2.14. The highest BCUT2D eigenvalue weighted by Gasteiger charge is 2.20. The molecule has 0 spiro atoms. The molecule has 3 rings (SSSR count). The lowest BCUT2D eigenvalue weighted by Gasteiger charge is -2.10. The van der Waals surface area contributed by atoms with E-state index in [0.717, 1.165) is 6.07 Å². The first-order chi connectivity index (χ1) is 15.1. The first-order valence-corrected chi connectivity index (χ1v) is 11.0. The third-order valence-corrected chi connectivity index (χ3v) is 6.17. The first-order valence-electron chi connectivity index (χ1n) is 9.13. The second-order valence-electron chi connectivity index (χ2n) is 6.69. The Balaban J connectivity index is 1.74. The molecule has 11 heteroatoms. The van der Waals surface area contributed by atoms with Crippen LogP contribution in [0.5, 0.6) is 5.75 Å². The van der Waals surface area contributed by atoms with Crippen LogP contribution in [0.3, 0.4) is 0 Å². The number of carbonyl (C=O) groups is 1. The molecule has 0 atom stereocenters. The van der Waals surface area contributed by atoms with Crippen molar-refractivity contribution in [1.82, 2.24) is 0 Å². The van der Waals surface area contributed by atoms with E-state index in [-0.39, 0.29) is 21.8 Å². The quantitative estimate of drug-likeness (QED) is 0.379. The molecule has 0 saturated heterocycles. The van der Waals surface area contributed by atoms with Gasteiger partial charge in [-0.1, -0.05) is 17.7 Å². The number of amides is 1. The number of nitrogens with zero attached hydrogens (tertiary/aromatic N) is 1. The summed E-state index contributed by atoms with van der Waals surface area (Å²) in [5.41, 5.74) is 0.996. The molecule has 0 aliphatic carbocycles. The van der Waals surface area contributed by atoms with E-state index in [1.807, 2.05) is 0 Å². The molecule has 0 radical (unpaired) electrons. The molecule has 0 aliphatic heterocycles. The summed E-state index contributed by atoms with van der Waals surface area (Å²) >= 11 is 6.05. The van der Waals surface area contributed by atoms with E-state index in [0.29, 0.717) is 22.0 Å². The van der Waals surface area contributed by atoms with E-state index in [1.165, 1.54) is 50.4 Å². The molecule has 0 saturated carbocycles. The van der Waals surface area contributed by atoms with Gasteiger partial charge < -0.3 is 10.1 Å². The van der Waals surface area contributed by atoms with Crippen molar-refractivity contribution in [2.75, 3.05) is 17.1 Å². The molecular formula is C21H18ClN3O6S. The van der Waals surface area contributed by atoms with Crippen molar-refractivity contribution in [2.24, 2.45) is 0 Å². The number of aryl methyl sites for hydroxylation is 1. The summed E-state index contributed by atoms with van der Waals surface area (Å²) in [5, 5.41) is 14.1. The number of sulfonamides is 1. The predicted molar refractivity (Wildman–Crippen MR) is 121 cm³/mol. The van der Waals surface area contributed by atoms with Gasteiger partial charge in [0.25, 0.3) is 21.6 Å². The van der Waals surface area contributed by atoms with Gasteiger partial charge in [-0.25, -0.2) is 8.42 Å². The molecule has 0 aromatic heterocycles. The average molecular weight is 476 g/mol. The Hall–Kier alpha value is -3.63. The number of methoxy groups -OCH3 is 1. The van der Waals surface area contributed by atoms with Crippen LogP contribution in [-0.4, -0.2) is 26.4 Å². The number of nitrogens with one attached hydrogen (secondary N) is 2. The molecule has 3 aromatic rings. The Morgan fingerprint density at radius 2 is 1.69 bits per heavy atom. The van der Waals surface area contributed by atoms with Gasteiger partial charge >= 0.3 is 0 Å². The van der Waals surface area contributed by atoms with Gasteiger partial charge in [-0.15, -0.1) is 0 Å². The minimum Gasteiger partial charge on any atom is -0.495 e. The van der Waals surface area contributed by atoms with Gasteiger partial charge in [0.2, 0.25) is 0 Å². The maximum atomic E-state index is 12.6. The number of rotatable bonds is 7. The van der Waals surface area contributed by atoms with Crippen LogP contribution in [0, 0.1) is 17.0 Å². The Morgan fingerprint density at radius 1 is 1.03 bits per heavy atom. The fourth-order valence-corrected chi connectivity index (χ4v) is 4.14. The molecule has 0 bridgehead atoms. The van der Waals surface area contributed by atoms with Crippen LogP contribution < -0.4 is 14.8 Å². The van der Waals surface area contributed by atoms with Crippen LogP contribution >= 0.6 is 11.6 Å². The Labute approximate surface area is 189 Å². The summed E-state index contributed by atoms with van der Waals surface area (Å²) in [6.07, 6.45) is 0. The number of carbonyl (C=O) groups excluding carboxylic acids is 1. The highest BCUT2D eigenvalue weighted by atomic mass is 35.5. The van der Waals surface area contributed by atoms with E-state index in [9.17, 15) is 23.3 Å². The zero-order valence-corrected chi connectivity index (χ0v) is 18.5. The molecule has 2 N–H and O–H groups in total. The number of anilines is 2. The van der Waals surface area contributed by atoms with Crippen LogP contribution in [0.1, 0.15) is 15.9 Å². The van der Waals surface area contributed by atoms with Gasteiger partial charge in [-0.05, 0) is 55.5 Å². The molecule has 9 nitrogen and oxygen atoms in total.